The molecule has 3 nitrogen and oxygen atoms in total. The van der Waals surface area contributed by atoms with Crippen LogP contribution in [0.3, 0.4) is 0 Å². The van der Waals surface area contributed by atoms with E-state index in [1.807, 2.05) is 33.9 Å². The van der Waals surface area contributed by atoms with Crippen molar-refractivity contribution < 1.29 is 9.53 Å². The van der Waals surface area contributed by atoms with Crippen LogP contribution in [0.15, 0.2) is 6.07 Å². The van der Waals surface area contributed by atoms with Gasteiger partial charge in [-0.1, -0.05) is 11.6 Å². The molecule has 0 radical (unpaired) electrons. The van der Waals surface area contributed by atoms with Gasteiger partial charge in [-0.25, -0.2) is 4.79 Å². The Morgan fingerprint density at radius 2 is 2.21 bits per heavy atom. The van der Waals surface area contributed by atoms with Gasteiger partial charge in [-0.3, -0.25) is 0 Å². The molecule has 1 atom stereocenters. The molecule has 0 aromatic carbocycles. The molecule has 1 aliphatic carbocycles. The largest absolute Gasteiger partial charge is 0.444 e. The van der Waals surface area contributed by atoms with Crippen molar-refractivity contribution in [1.29, 1.82) is 0 Å². The van der Waals surface area contributed by atoms with Gasteiger partial charge in [0.15, 0.2) is 0 Å². The number of likely N-dealkylation sites (N-methyl/N-ethyl adjacent to an activating group) is 1. The molecule has 5 heteroatoms. The van der Waals surface area contributed by atoms with Gasteiger partial charge in [0.2, 0.25) is 0 Å². The number of fused-ring (bicyclic) bond motifs is 1. The zero-order chi connectivity index (χ0) is 14.2. The predicted octanol–water partition coefficient (Wildman–Crippen LogP) is 4.13. The van der Waals surface area contributed by atoms with Crippen LogP contribution >= 0.6 is 22.9 Å². The van der Waals surface area contributed by atoms with Crippen molar-refractivity contribution in [2.45, 2.75) is 51.7 Å². The van der Waals surface area contributed by atoms with Gasteiger partial charge < -0.3 is 9.64 Å². The van der Waals surface area contributed by atoms with Crippen LogP contribution in [0.25, 0.3) is 0 Å². The van der Waals surface area contributed by atoms with Crippen LogP contribution in [-0.2, 0) is 17.6 Å². The van der Waals surface area contributed by atoms with Crippen molar-refractivity contribution in [3.8, 4) is 0 Å². The summed E-state index contributed by atoms with van der Waals surface area (Å²) in [4.78, 5) is 15.1. The number of thiophene rings is 1. The third-order valence-electron chi connectivity index (χ3n) is 3.26. The molecule has 1 aliphatic rings. The fraction of sp³-hybridized carbons (Fsp3) is 0.643. The molecule has 0 aliphatic heterocycles. The zero-order valence-electron chi connectivity index (χ0n) is 11.8. The normalized spacial score (nSPS) is 18.9. The lowest BCUT2D eigenvalue weighted by Crippen LogP contribution is -2.43. The molecule has 0 saturated heterocycles. The van der Waals surface area contributed by atoms with E-state index in [-0.39, 0.29) is 12.1 Å². The minimum atomic E-state index is -0.447. The number of ether oxygens (including phenoxy) is 1. The van der Waals surface area contributed by atoms with E-state index in [2.05, 4.69) is 0 Å². The molecule has 1 unspecified atom stereocenters. The SMILES string of the molecule is CN(C(=O)OC(C)(C)C)C1CCc2cc(Cl)sc2C1. The van der Waals surface area contributed by atoms with E-state index in [0.717, 1.165) is 23.6 Å². The Hall–Kier alpha value is -0.740. The highest BCUT2D eigenvalue weighted by molar-refractivity contribution is 7.16. The van der Waals surface area contributed by atoms with Gasteiger partial charge in [0.05, 0.1) is 4.34 Å². The zero-order valence-corrected chi connectivity index (χ0v) is 13.4. The third kappa shape index (κ3) is 3.63. The van der Waals surface area contributed by atoms with E-state index < -0.39 is 5.60 Å². The van der Waals surface area contributed by atoms with Gasteiger partial charge in [-0.2, -0.15) is 0 Å². The Balaban J connectivity index is 2.02. The highest BCUT2D eigenvalue weighted by Crippen LogP contribution is 2.34. The summed E-state index contributed by atoms with van der Waals surface area (Å²) >= 11 is 7.66. The lowest BCUT2D eigenvalue weighted by Gasteiger charge is -2.32. The Kier molecular flexibility index (Phi) is 4.11. The summed E-state index contributed by atoms with van der Waals surface area (Å²) in [6, 6.07) is 2.25. The smallest absolute Gasteiger partial charge is 0.410 e. The summed E-state index contributed by atoms with van der Waals surface area (Å²) in [5.74, 6) is 0. The molecule has 1 amide bonds. The second-order valence-electron chi connectivity index (χ2n) is 5.99. The Bertz CT molecular complexity index is 478. The third-order valence-corrected chi connectivity index (χ3v) is 4.59. The maximum atomic E-state index is 12.1. The lowest BCUT2D eigenvalue weighted by atomic mass is 9.94. The number of rotatable bonds is 1. The molecule has 0 saturated carbocycles. The van der Waals surface area contributed by atoms with Gasteiger partial charge in [-0.15, -0.1) is 11.3 Å². The molecule has 1 heterocycles. The summed E-state index contributed by atoms with van der Waals surface area (Å²) in [7, 11) is 1.82. The summed E-state index contributed by atoms with van der Waals surface area (Å²) in [5, 5.41) is 0. The van der Waals surface area contributed by atoms with E-state index in [0.29, 0.717) is 0 Å². The standard InChI is InChI=1S/C14H20ClNO2S/c1-14(2,3)18-13(17)16(4)10-6-5-9-7-12(15)19-11(9)8-10/h7,10H,5-6,8H2,1-4H3. The first-order valence-corrected chi connectivity index (χ1v) is 7.68. The minimum Gasteiger partial charge on any atom is -0.444 e. The van der Waals surface area contributed by atoms with Crippen molar-refractivity contribution in [3.05, 3.63) is 20.8 Å². The molecule has 106 valence electrons. The lowest BCUT2D eigenvalue weighted by molar-refractivity contribution is 0.0211. The van der Waals surface area contributed by atoms with Crippen molar-refractivity contribution in [2.24, 2.45) is 0 Å². The number of amides is 1. The van der Waals surface area contributed by atoms with Crippen LogP contribution in [0.5, 0.6) is 0 Å². The van der Waals surface area contributed by atoms with Crippen molar-refractivity contribution in [2.75, 3.05) is 7.05 Å². The first-order valence-electron chi connectivity index (χ1n) is 6.49. The van der Waals surface area contributed by atoms with Crippen LogP contribution in [0.2, 0.25) is 4.34 Å². The highest BCUT2D eigenvalue weighted by Gasteiger charge is 2.29. The molecule has 0 fully saturated rings. The van der Waals surface area contributed by atoms with Crippen molar-refractivity contribution in [3.63, 3.8) is 0 Å². The monoisotopic (exact) mass is 301 g/mol. The number of carbonyl (C=O) groups excluding carboxylic acids is 1. The minimum absolute atomic E-state index is 0.206. The molecule has 0 N–H and O–H groups in total. The summed E-state index contributed by atoms with van der Waals surface area (Å²) in [6.07, 6.45) is 2.58. The van der Waals surface area contributed by atoms with Gasteiger partial charge in [0.25, 0.3) is 0 Å². The first-order chi connectivity index (χ1) is 8.76. The van der Waals surface area contributed by atoms with E-state index in [9.17, 15) is 4.79 Å². The van der Waals surface area contributed by atoms with Crippen LogP contribution in [0.4, 0.5) is 4.79 Å². The van der Waals surface area contributed by atoms with Crippen LogP contribution in [0.1, 0.15) is 37.6 Å². The number of halogens is 1. The summed E-state index contributed by atoms with van der Waals surface area (Å²) in [6.45, 7) is 5.66. The molecule has 1 aromatic heterocycles. The van der Waals surface area contributed by atoms with Crippen LogP contribution in [-0.4, -0.2) is 29.7 Å². The molecular weight excluding hydrogens is 282 g/mol. The molecule has 1 aromatic rings. The van der Waals surface area contributed by atoms with Gasteiger partial charge in [0, 0.05) is 24.4 Å². The molecule has 0 spiro atoms. The second-order valence-corrected chi connectivity index (χ2v) is 7.75. The molecule has 0 bridgehead atoms. The Morgan fingerprint density at radius 3 is 2.84 bits per heavy atom. The first kappa shape index (κ1) is 14.7. The summed E-state index contributed by atoms with van der Waals surface area (Å²) < 4.78 is 6.25. The van der Waals surface area contributed by atoms with Crippen molar-refractivity contribution >= 4 is 29.0 Å². The van der Waals surface area contributed by atoms with Crippen LogP contribution < -0.4 is 0 Å². The second kappa shape index (κ2) is 5.33. The Labute approximate surface area is 123 Å². The number of hydrogen-bond acceptors (Lipinski definition) is 3. The van der Waals surface area contributed by atoms with E-state index >= 15 is 0 Å². The number of carbonyl (C=O) groups is 1. The van der Waals surface area contributed by atoms with Crippen LogP contribution in [0, 0.1) is 0 Å². The number of aryl methyl sites for hydroxylation is 1. The van der Waals surface area contributed by atoms with E-state index in [1.165, 1.54) is 10.4 Å². The fourth-order valence-electron chi connectivity index (χ4n) is 2.27. The van der Waals surface area contributed by atoms with E-state index in [4.69, 9.17) is 16.3 Å². The molecular formula is C14H20ClNO2S. The van der Waals surface area contributed by atoms with Gasteiger partial charge >= 0.3 is 6.09 Å². The Morgan fingerprint density at radius 1 is 1.53 bits per heavy atom. The average molecular weight is 302 g/mol. The highest BCUT2D eigenvalue weighted by atomic mass is 35.5. The number of nitrogens with zero attached hydrogens (tertiary/aromatic N) is 1. The van der Waals surface area contributed by atoms with Gasteiger partial charge in [0.1, 0.15) is 5.60 Å². The maximum absolute atomic E-state index is 12.1. The topological polar surface area (TPSA) is 29.5 Å². The summed E-state index contributed by atoms with van der Waals surface area (Å²) in [5.41, 5.74) is 0.890. The fourth-order valence-corrected chi connectivity index (χ4v) is 3.68. The van der Waals surface area contributed by atoms with E-state index in [1.54, 1.807) is 16.2 Å². The predicted molar refractivity (Wildman–Crippen MR) is 79.1 cm³/mol. The maximum Gasteiger partial charge on any atom is 0.410 e. The molecule has 2 rings (SSSR count). The number of hydrogen-bond donors (Lipinski definition) is 0. The van der Waals surface area contributed by atoms with Crippen molar-refractivity contribution in [1.82, 2.24) is 4.90 Å². The van der Waals surface area contributed by atoms with Gasteiger partial charge in [-0.05, 0) is 45.2 Å². The molecule has 19 heavy (non-hydrogen) atoms. The quantitative estimate of drug-likeness (QED) is 0.780. The average Bonchev–Trinajstić information content (AvgIpc) is 2.64.